The van der Waals surface area contributed by atoms with Crippen LogP contribution in [0, 0.1) is 5.92 Å². The fourth-order valence-corrected chi connectivity index (χ4v) is 4.98. The predicted octanol–water partition coefficient (Wildman–Crippen LogP) is 2.67. The second kappa shape index (κ2) is 7.04. The van der Waals surface area contributed by atoms with Gasteiger partial charge in [-0.25, -0.2) is 0 Å². The summed E-state index contributed by atoms with van der Waals surface area (Å²) in [6, 6.07) is 0.159. The number of rotatable bonds is 4. The highest BCUT2D eigenvalue weighted by atomic mass is 32.2. The van der Waals surface area contributed by atoms with E-state index < -0.39 is 10.2 Å². The number of nitrogens with one attached hydrogen (secondary N) is 1. The first-order valence-electron chi connectivity index (χ1n) is 7.91. The van der Waals surface area contributed by atoms with E-state index in [-0.39, 0.29) is 6.04 Å². The minimum absolute atomic E-state index is 0.159. The molecule has 2 aliphatic rings. The molecule has 0 bridgehead atoms. The van der Waals surface area contributed by atoms with Gasteiger partial charge < -0.3 is 0 Å². The fraction of sp³-hybridized carbons (Fsp3) is 1.00. The summed E-state index contributed by atoms with van der Waals surface area (Å²) in [5.74, 6) is 0.524. The molecule has 0 aromatic carbocycles. The average molecular weight is 288 g/mol. The number of nitrogens with zero attached hydrogens (tertiary/aromatic N) is 1. The molecule has 0 radical (unpaired) electrons. The summed E-state index contributed by atoms with van der Waals surface area (Å²) in [6.07, 6.45) is 9.98. The standard InChI is InChI=1S/C14H28N2O2S/c1-2-13-9-5-6-10-14(13)15-19(17,18)16-11-7-3-4-8-12-16/h13-15H,2-12H2,1H3/t13-,14-/m0/s1. The van der Waals surface area contributed by atoms with Gasteiger partial charge in [0.2, 0.25) is 0 Å². The lowest BCUT2D eigenvalue weighted by molar-refractivity contribution is 0.276. The highest BCUT2D eigenvalue weighted by molar-refractivity contribution is 7.87. The van der Waals surface area contributed by atoms with Gasteiger partial charge in [-0.05, 0) is 31.6 Å². The molecular formula is C14H28N2O2S. The van der Waals surface area contributed by atoms with E-state index in [1.54, 1.807) is 4.31 Å². The summed E-state index contributed by atoms with van der Waals surface area (Å²) in [4.78, 5) is 0. The van der Waals surface area contributed by atoms with E-state index in [0.717, 1.165) is 44.9 Å². The summed E-state index contributed by atoms with van der Waals surface area (Å²) in [6.45, 7) is 3.56. The Kier molecular flexibility index (Phi) is 5.66. The van der Waals surface area contributed by atoms with Crippen molar-refractivity contribution in [2.45, 2.75) is 70.8 Å². The molecule has 2 rings (SSSR count). The molecule has 5 heteroatoms. The molecule has 0 spiro atoms. The summed E-state index contributed by atoms with van der Waals surface area (Å²) >= 11 is 0. The van der Waals surface area contributed by atoms with Crippen molar-refractivity contribution in [2.24, 2.45) is 5.92 Å². The maximum absolute atomic E-state index is 12.5. The molecule has 112 valence electrons. The van der Waals surface area contributed by atoms with Gasteiger partial charge in [-0.2, -0.15) is 17.4 Å². The van der Waals surface area contributed by atoms with Crippen molar-refractivity contribution < 1.29 is 8.42 Å². The molecule has 1 saturated heterocycles. The Morgan fingerprint density at radius 3 is 2.26 bits per heavy atom. The smallest absolute Gasteiger partial charge is 0.199 e. The molecule has 0 aromatic rings. The van der Waals surface area contributed by atoms with E-state index >= 15 is 0 Å². The Labute approximate surface area is 118 Å². The highest BCUT2D eigenvalue weighted by Gasteiger charge is 2.30. The van der Waals surface area contributed by atoms with Crippen LogP contribution in [0.15, 0.2) is 0 Å². The van der Waals surface area contributed by atoms with E-state index in [9.17, 15) is 8.42 Å². The van der Waals surface area contributed by atoms with Crippen LogP contribution in [0.4, 0.5) is 0 Å². The minimum Gasteiger partial charge on any atom is -0.199 e. The van der Waals surface area contributed by atoms with E-state index in [0.29, 0.717) is 19.0 Å². The molecule has 1 heterocycles. The molecule has 19 heavy (non-hydrogen) atoms. The topological polar surface area (TPSA) is 49.4 Å². The lowest BCUT2D eigenvalue weighted by atomic mass is 9.83. The SMILES string of the molecule is CC[C@H]1CCCC[C@@H]1NS(=O)(=O)N1CCCCCC1. The van der Waals surface area contributed by atoms with Gasteiger partial charge in [0.1, 0.15) is 0 Å². The lowest BCUT2D eigenvalue weighted by Crippen LogP contribution is -2.49. The summed E-state index contributed by atoms with van der Waals surface area (Å²) in [7, 11) is -3.27. The first kappa shape index (κ1) is 15.3. The van der Waals surface area contributed by atoms with Gasteiger partial charge in [0, 0.05) is 19.1 Å². The Hall–Kier alpha value is -0.130. The van der Waals surface area contributed by atoms with Crippen molar-refractivity contribution in [3.8, 4) is 0 Å². The summed E-state index contributed by atoms with van der Waals surface area (Å²) in [5.41, 5.74) is 0. The maximum atomic E-state index is 12.5. The van der Waals surface area contributed by atoms with Gasteiger partial charge >= 0.3 is 0 Å². The molecule has 0 amide bonds. The van der Waals surface area contributed by atoms with E-state index in [4.69, 9.17) is 0 Å². The third kappa shape index (κ3) is 4.17. The van der Waals surface area contributed by atoms with Gasteiger partial charge in [-0.3, -0.25) is 0 Å². The maximum Gasteiger partial charge on any atom is 0.279 e. The Bertz CT molecular complexity index is 362. The normalized spacial score (nSPS) is 31.0. The zero-order valence-corrected chi connectivity index (χ0v) is 12.9. The molecule has 1 aliphatic carbocycles. The van der Waals surface area contributed by atoms with Crippen molar-refractivity contribution in [3.05, 3.63) is 0 Å². The van der Waals surface area contributed by atoms with Gasteiger partial charge in [0.25, 0.3) is 10.2 Å². The average Bonchev–Trinajstić information content (AvgIpc) is 2.68. The number of hydrogen-bond acceptors (Lipinski definition) is 2. The Morgan fingerprint density at radius 1 is 1.00 bits per heavy atom. The third-order valence-corrected chi connectivity index (χ3v) is 6.28. The molecule has 1 N–H and O–H groups in total. The quantitative estimate of drug-likeness (QED) is 0.864. The molecule has 1 saturated carbocycles. The monoisotopic (exact) mass is 288 g/mol. The Morgan fingerprint density at radius 2 is 1.63 bits per heavy atom. The van der Waals surface area contributed by atoms with Crippen LogP contribution >= 0.6 is 0 Å². The van der Waals surface area contributed by atoms with Crippen molar-refractivity contribution >= 4 is 10.2 Å². The summed E-state index contributed by atoms with van der Waals surface area (Å²) in [5, 5.41) is 0. The van der Waals surface area contributed by atoms with Crippen LogP contribution in [0.5, 0.6) is 0 Å². The van der Waals surface area contributed by atoms with Gasteiger partial charge in [0.05, 0.1) is 0 Å². The zero-order chi connectivity index (χ0) is 13.7. The van der Waals surface area contributed by atoms with Crippen molar-refractivity contribution in [2.75, 3.05) is 13.1 Å². The Balaban J connectivity index is 1.98. The van der Waals surface area contributed by atoms with Gasteiger partial charge in [-0.15, -0.1) is 0 Å². The van der Waals surface area contributed by atoms with Crippen LogP contribution in [-0.4, -0.2) is 31.9 Å². The van der Waals surface area contributed by atoms with Crippen LogP contribution in [0.1, 0.15) is 64.7 Å². The minimum atomic E-state index is -3.27. The van der Waals surface area contributed by atoms with Crippen molar-refractivity contribution in [3.63, 3.8) is 0 Å². The molecule has 1 aliphatic heterocycles. The second-order valence-corrected chi connectivity index (χ2v) is 7.70. The largest absolute Gasteiger partial charge is 0.279 e. The van der Waals surface area contributed by atoms with Crippen molar-refractivity contribution in [1.29, 1.82) is 0 Å². The van der Waals surface area contributed by atoms with E-state index in [1.807, 2.05) is 0 Å². The van der Waals surface area contributed by atoms with Crippen LogP contribution < -0.4 is 4.72 Å². The zero-order valence-electron chi connectivity index (χ0n) is 12.1. The van der Waals surface area contributed by atoms with Crippen LogP contribution in [0.2, 0.25) is 0 Å². The van der Waals surface area contributed by atoms with Crippen LogP contribution in [0.3, 0.4) is 0 Å². The molecule has 4 nitrogen and oxygen atoms in total. The first-order chi connectivity index (χ1) is 9.13. The van der Waals surface area contributed by atoms with Crippen LogP contribution in [-0.2, 0) is 10.2 Å². The molecule has 0 aromatic heterocycles. The lowest BCUT2D eigenvalue weighted by Gasteiger charge is -2.33. The molecule has 0 unspecified atom stereocenters. The van der Waals surface area contributed by atoms with E-state index in [2.05, 4.69) is 11.6 Å². The highest BCUT2D eigenvalue weighted by Crippen LogP contribution is 2.27. The van der Waals surface area contributed by atoms with E-state index in [1.165, 1.54) is 12.8 Å². The fourth-order valence-electron chi connectivity index (χ4n) is 3.40. The first-order valence-corrected chi connectivity index (χ1v) is 9.35. The van der Waals surface area contributed by atoms with Crippen LogP contribution in [0.25, 0.3) is 0 Å². The predicted molar refractivity (Wildman–Crippen MR) is 78.1 cm³/mol. The molecule has 2 atom stereocenters. The number of hydrogen-bond donors (Lipinski definition) is 1. The third-order valence-electron chi connectivity index (χ3n) is 4.64. The van der Waals surface area contributed by atoms with Gasteiger partial charge in [0.15, 0.2) is 0 Å². The van der Waals surface area contributed by atoms with Gasteiger partial charge in [-0.1, -0.05) is 39.0 Å². The second-order valence-electron chi connectivity index (χ2n) is 6.00. The summed E-state index contributed by atoms with van der Waals surface area (Å²) < 4.78 is 29.6. The molecule has 2 fully saturated rings. The molecular weight excluding hydrogens is 260 g/mol. The van der Waals surface area contributed by atoms with Crippen molar-refractivity contribution in [1.82, 2.24) is 9.03 Å².